The summed E-state index contributed by atoms with van der Waals surface area (Å²) in [6.07, 6.45) is 77.8. The lowest BCUT2D eigenvalue weighted by molar-refractivity contribution is -0.143. The highest BCUT2D eigenvalue weighted by atomic mass is 16.5. The van der Waals surface area contributed by atoms with Gasteiger partial charge in [-0.2, -0.15) is 0 Å². The van der Waals surface area contributed by atoms with E-state index in [-0.39, 0.29) is 18.5 Å². The van der Waals surface area contributed by atoms with Gasteiger partial charge in [-0.05, 0) is 77.0 Å². The number of amides is 1. The molecule has 6 heteroatoms. The van der Waals surface area contributed by atoms with E-state index in [4.69, 9.17) is 4.74 Å². The Labute approximate surface area is 456 Å². The Morgan fingerprint density at radius 1 is 0.370 bits per heavy atom. The second-order valence-corrected chi connectivity index (χ2v) is 22.8. The number of carbonyl (C=O) groups is 2. The molecule has 0 aromatic rings. The Hall–Kier alpha value is -1.66. The second-order valence-electron chi connectivity index (χ2n) is 22.8. The van der Waals surface area contributed by atoms with Crippen molar-refractivity contribution in [2.75, 3.05) is 13.2 Å². The lowest BCUT2D eigenvalue weighted by Gasteiger charge is -2.22. The van der Waals surface area contributed by atoms with E-state index in [9.17, 15) is 19.8 Å². The van der Waals surface area contributed by atoms with Crippen LogP contribution in [0.3, 0.4) is 0 Å². The summed E-state index contributed by atoms with van der Waals surface area (Å²) in [5.74, 6) is -0.0253. The molecule has 0 aliphatic heterocycles. The van der Waals surface area contributed by atoms with Crippen molar-refractivity contribution in [3.8, 4) is 0 Å². The summed E-state index contributed by atoms with van der Waals surface area (Å²) < 4.78 is 5.48. The Kier molecular flexibility index (Phi) is 61.4. The third kappa shape index (κ3) is 59.4. The molecule has 0 fully saturated rings. The van der Waals surface area contributed by atoms with Crippen LogP contribution in [0.2, 0.25) is 0 Å². The average Bonchev–Trinajstić information content (AvgIpc) is 3.39. The van der Waals surface area contributed by atoms with Crippen LogP contribution in [0.5, 0.6) is 0 Å². The van der Waals surface area contributed by atoms with Crippen molar-refractivity contribution in [3.05, 3.63) is 24.3 Å². The summed E-state index contributed by atoms with van der Waals surface area (Å²) in [5, 5.41) is 23.3. The Bertz CT molecular complexity index is 1140. The van der Waals surface area contributed by atoms with Crippen molar-refractivity contribution in [2.24, 2.45) is 0 Å². The maximum Gasteiger partial charge on any atom is 0.305 e. The molecule has 0 aromatic carbocycles. The monoisotopic (exact) mass is 1030 g/mol. The summed E-state index contributed by atoms with van der Waals surface area (Å²) in [5.41, 5.74) is 0. The van der Waals surface area contributed by atoms with Crippen molar-refractivity contribution < 1.29 is 24.5 Å². The lowest BCUT2D eigenvalue weighted by Crippen LogP contribution is -2.45. The van der Waals surface area contributed by atoms with E-state index in [1.165, 1.54) is 289 Å². The van der Waals surface area contributed by atoms with Gasteiger partial charge in [0.2, 0.25) is 5.91 Å². The van der Waals surface area contributed by atoms with E-state index in [0.29, 0.717) is 25.9 Å². The lowest BCUT2D eigenvalue weighted by atomic mass is 10.0. The molecular formula is C67H129NO5. The van der Waals surface area contributed by atoms with Crippen molar-refractivity contribution in [1.29, 1.82) is 0 Å². The Balaban J connectivity index is 3.37. The van der Waals surface area contributed by atoms with Gasteiger partial charge in [0.05, 0.1) is 25.4 Å². The van der Waals surface area contributed by atoms with Gasteiger partial charge in [-0.15, -0.1) is 0 Å². The highest BCUT2D eigenvalue weighted by molar-refractivity contribution is 5.76. The van der Waals surface area contributed by atoms with Crippen LogP contribution in [0.15, 0.2) is 24.3 Å². The summed E-state index contributed by atoms with van der Waals surface area (Å²) in [7, 11) is 0. The Morgan fingerprint density at radius 3 is 0.973 bits per heavy atom. The van der Waals surface area contributed by atoms with Gasteiger partial charge in [-0.1, -0.05) is 301 Å². The number of hydrogen-bond donors (Lipinski definition) is 3. The molecule has 0 saturated carbocycles. The average molecular weight is 1030 g/mol. The fourth-order valence-electron chi connectivity index (χ4n) is 10.4. The van der Waals surface area contributed by atoms with Gasteiger partial charge < -0.3 is 20.3 Å². The van der Waals surface area contributed by atoms with Crippen LogP contribution in [0.25, 0.3) is 0 Å². The summed E-state index contributed by atoms with van der Waals surface area (Å²) in [6, 6.07) is -0.541. The number of aliphatic hydroxyl groups is 2. The molecular weight excluding hydrogens is 899 g/mol. The van der Waals surface area contributed by atoms with E-state index in [1.807, 2.05) is 0 Å². The zero-order valence-corrected chi connectivity index (χ0v) is 49.4. The van der Waals surface area contributed by atoms with Crippen LogP contribution in [-0.4, -0.2) is 47.4 Å². The molecule has 3 N–H and O–H groups in total. The first-order chi connectivity index (χ1) is 36.0. The normalized spacial score (nSPS) is 12.7. The van der Waals surface area contributed by atoms with Crippen molar-refractivity contribution in [3.63, 3.8) is 0 Å². The van der Waals surface area contributed by atoms with Crippen molar-refractivity contribution in [2.45, 2.75) is 379 Å². The second kappa shape index (κ2) is 62.9. The minimum Gasteiger partial charge on any atom is -0.466 e. The zero-order chi connectivity index (χ0) is 52.9. The fraction of sp³-hybridized carbons (Fsp3) is 0.910. The maximum absolute atomic E-state index is 12.5. The van der Waals surface area contributed by atoms with Crippen LogP contribution >= 0.6 is 0 Å². The first kappa shape index (κ1) is 71.3. The van der Waals surface area contributed by atoms with Gasteiger partial charge >= 0.3 is 5.97 Å². The van der Waals surface area contributed by atoms with Gasteiger partial charge in [0.1, 0.15) is 0 Å². The molecule has 0 aromatic heterocycles. The fourth-order valence-corrected chi connectivity index (χ4v) is 10.4. The smallest absolute Gasteiger partial charge is 0.305 e. The zero-order valence-electron chi connectivity index (χ0n) is 49.4. The Morgan fingerprint density at radius 2 is 0.644 bits per heavy atom. The van der Waals surface area contributed by atoms with E-state index in [2.05, 4.69) is 43.5 Å². The van der Waals surface area contributed by atoms with Gasteiger partial charge in [-0.3, -0.25) is 9.59 Å². The molecule has 0 radical (unpaired) electrons. The number of hydrogen-bond acceptors (Lipinski definition) is 5. The van der Waals surface area contributed by atoms with Gasteiger partial charge in [0, 0.05) is 12.8 Å². The summed E-state index contributed by atoms with van der Waals surface area (Å²) in [6.45, 7) is 4.96. The summed E-state index contributed by atoms with van der Waals surface area (Å²) >= 11 is 0. The molecule has 0 aliphatic carbocycles. The van der Waals surface area contributed by atoms with Crippen LogP contribution in [0, 0.1) is 0 Å². The quantitative estimate of drug-likeness (QED) is 0.0320. The molecule has 2 unspecified atom stereocenters. The predicted molar refractivity (Wildman–Crippen MR) is 320 cm³/mol. The topological polar surface area (TPSA) is 95.9 Å². The molecule has 2 atom stereocenters. The number of unbranched alkanes of at least 4 members (excludes halogenated alkanes) is 47. The molecule has 0 bridgehead atoms. The van der Waals surface area contributed by atoms with Gasteiger partial charge in [0.15, 0.2) is 0 Å². The number of nitrogens with one attached hydrogen (secondary N) is 1. The molecule has 0 saturated heterocycles. The predicted octanol–water partition coefficient (Wildman–Crippen LogP) is 21.0. The molecule has 6 nitrogen and oxygen atoms in total. The van der Waals surface area contributed by atoms with Gasteiger partial charge in [-0.25, -0.2) is 0 Å². The highest BCUT2D eigenvalue weighted by Crippen LogP contribution is 2.18. The highest BCUT2D eigenvalue weighted by Gasteiger charge is 2.20. The van der Waals surface area contributed by atoms with Crippen LogP contribution < -0.4 is 5.32 Å². The number of allylic oxidation sites excluding steroid dienone is 4. The van der Waals surface area contributed by atoms with E-state index >= 15 is 0 Å². The number of ether oxygens (including phenoxy) is 1. The number of esters is 1. The minimum absolute atomic E-state index is 0.00769. The first-order valence-corrected chi connectivity index (χ1v) is 33.1. The number of rotatable bonds is 62. The SMILES string of the molecule is CCCCCCC/C=C\CCCCCCCC(=O)OCCCCCCCCCCCCCC/C=C\CCCCCCCCCCCCCCC(=O)NC(CO)C(O)CCCCCCCCCCCCCCCC. The third-order valence-corrected chi connectivity index (χ3v) is 15.5. The molecule has 0 spiro atoms. The number of aliphatic hydroxyl groups excluding tert-OH is 2. The van der Waals surface area contributed by atoms with Crippen LogP contribution in [0.4, 0.5) is 0 Å². The first-order valence-electron chi connectivity index (χ1n) is 33.1. The van der Waals surface area contributed by atoms with Crippen LogP contribution in [0.1, 0.15) is 367 Å². The number of carbonyl (C=O) groups excluding carboxylic acids is 2. The molecule has 0 rings (SSSR count). The minimum atomic E-state index is -0.663. The van der Waals surface area contributed by atoms with E-state index in [1.54, 1.807) is 0 Å². The largest absolute Gasteiger partial charge is 0.466 e. The van der Waals surface area contributed by atoms with Gasteiger partial charge in [0.25, 0.3) is 0 Å². The van der Waals surface area contributed by atoms with Crippen LogP contribution in [-0.2, 0) is 14.3 Å². The van der Waals surface area contributed by atoms with Crippen molar-refractivity contribution >= 4 is 11.9 Å². The van der Waals surface area contributed by atoms with Crippen molar-refractivity contribution in [1.82, 2.24) is 5.32 Å². The molecule has 432 valence electrons. The third-order valence-electron chi connectivity index (χ3n) is 15.5. The van der Waals surface area contributed by atoms with E-state index < -0.39 is 12.1 Å². The maximum atomic E-state index is 12.5. The molecule has 0 aliphatic rings. The molecule has 73 heavy (non-hydrogen) atoms. The van der Waals surface area contributed by atoms with E-state index in [0.717, 1.165) is 44.9 Å². The standard InChI is InChI=1S/C67H129NO5/c1-3-5-7-9-11-13-15-17-35-39-43-47-51-55-59-65(70)64(63-69)68-66(71)60-56-52-48-44-40-36-33-31-29-27-25-23-21-19-20-22-24-26-28-30-32-34-38-42-46-50-54-58-62-73-67(72)61-57-53-49-45-41-37-18-16-14-12-10-8-6-4-2/h16,18-20,64-65,69-70H,3-15,17,21-63H2,1-2H3,(H,68,71)/b18-16-,20-19-. The molecule has 1 amide bonds. The molecule has 0 heterocycles. The summed E-state index contributed by atoms with van der Waals surface area (Å²) in [4.78, 5) is 24.5.